The molecule has 1 saturated heterocycles. The van der Waals surface area contributed by atoms with Gasteiger partial charge in [-0.25, -0.2) is 0 Å². The quantitative estimate of drug-likeness (QED) is 0.254. The summed E-state index contributed by atoms with van der Waals surface area (Å²) in [6.45, 7) is 5.81. The lowest BCUT2D eigenvalue weighted by atomic mass is 10.1. The Morgan fingerprint density at radius 1 is 0.800 bits per heavy atom. The maximum atomic E-state index is 5.34. The lowest BCUT2D eigenvalue weighted by Crippen LogP contribution is -2.43. The van der Waals surface area contributed by atoms with Gasteiger partial charge in [-0.05, 0) is 12.8 Å². The van der Waals surface area contributed by atoms with Crippen LogP contribution in [0.15, 0.2) is 0 Å². The van der Waals surface area contributed by atoms with Crippen LogP contribution in [0.25, 0.3) is 0 Å². The molecule has 1 atom stereocenters. The first-order valence-electron chi connectivity index (χ1n) is 9.07. The number of epoxide rings is 1. The van der Waals surface area contributed by atoms with E-state index in [0.29, 0.717) is 6.10 Å². The second-order valence-corrected chi connectivity index (χ2v) is 7.33. The summed E-state index contributed by atoms with van der Waals surface area (Å²) >= 11 is 0. The molecule has 20 heavy (non-hydrogen) atoms. The number of hydrogen-bond donors (Lipinski definition) is 0. The molecule has 0 saturated carbocycles. The molecule has 0 amide bonds. The van der Waals surface area contributed by atoms with Crippen molar-refractivity contribution < 1.29 is 9.22 Å². The van der Waals surface area contributed by atoms with E-state index in [1.54, 1.807) is 0 Å². The molecule has 1 aliphatic heterocycles. The Balaban J connectivity index is 1.77. The van der Waals surface area contributed by atoms with E-state index < -0.39 is 0 Å². The molecule has 1 aliphatic rings. The van der Waals surface area contributed by atoms with Crippen molar-refractivity contribution >= 4 is 0 Å². The number of unbranched alkanes of at least 4 members (excludes halogenated alkanes) is 10. The number of ether oxygens (including phenoxy) is 1. The van der Waals surface area contributed by atoms with E-state index in [4.69, 9.17) is 4.74 Å². The molecule has 120 valence electrons. The maximum Gasteiger partial charge on any atom is 0.130 e. The SMILES string of the molecule is CCCCCCCCCCCCC[N+](C)(C)CC1CO1. The van der Waals surface area contributed by atoms with Gasteiger partial charge in [0.2, 0.25) is 0 Å². The van der Waals surface area contributed by atoms with Crippen LogP contribution in [-0.2, 0) is 4.74 Å². The maximum absolute atomic E-state index is 5.34. The van der Waals surface area contributed by atoms with Gasteiger partial charge in [-0.1, -0.05) is 64.7 Å². The summed E-state index contributed by atoms with van der Waals surface area (Å²) in [5, 5.41) is 0. The molecule has 0 radical (unpaired) electrons. The van der Waals surface area contributed by atoms with E-state index >= 15 is 0 Å². The summed E-state index contributed by atoms with van der Waals surface area (Å²) < 4.78 is 6.48. The van der Waals surface area contributed by atoms with Crippen LogP contribution in [0, 0.1) is 0 Å². The van der Waals surface area contributed by atoms with Crippen molar-refractivity contribution in [1.29, 1.82) is 0 Å². The van der Waals surface area contributed by atoms with Crippen molar-refractivity contribution in [1.82, 2.24) is 0 Å². The van der Waals surface area contributed by atoms with Gasteiger partial charge >= 0.3 is 0 Å². The fraction of sp³-hybridized carbons (Fsp3) is 1.00. The zero-order valence-corrected chi connectivity index (χ0v) is 14.3. The number of nitrogens with zero attached hydrogens (tertiary/aromatic N) is 1. The molecule has 0 aromatic carbocycles. The van der Waals surface area contributed by atoms with Crippen molar-refractivity contribution in [3.8, 4) is 0 Å². The smallest absolute Gasteiger partial charge is 0.130 e. The van der Waals surface area contributed by atoms with Crippen molar-refractivity contribution in [3.05, 3.63) is 0 Å². The Kier molecular flexibility index (Phi) is 9.54. The summed E-state index contributed by atoms with van der Waals surface area (Å²) in [4.78, 5) is 0. The first-order valence-corrected chi connectivity index (χ1v) is 9.07. The standard InChI is InChI=1S/C18H38NO/c1-4-5-6-7-8-9-10-11-12-13-14-15-19(2,3)16-18-17-20-18/h18H,4-17H2,1-3H3/q+1. The number of hydrogen-bond acceptors (Lipinski definition) is 1. The third kappa shape index (κ3) is 10.7. The third-order valence-corrected chi connectivity index (χ3v) is 4.47. The average Bonchev–Trinajstić information content (AvgIpc) is 3.19. The van der Waals surface area contributed by atoms with E-state index in [0.717, 1.165) is 11.1 Å². The minimum absolute atomic E-state index is 0.567. The topological polar surface area (TPSA) is 12.5 Å². The first kappa shape index (κ1) is 18.0. The van der Waals surface area contributed by atoms with Crippen LogP contribution in [0.1, 0.15) is 77.6 Å². The Bertz CT molecular complexity index is 223. The molecule has 0 spiro atoms. The minimum atomic E-state index is 0.567. The van der Waals surface area contributed by atoms with Gasteiger partial charge in [0, 0.05) is 0 Å². The normalized spacial score (nSPS) is 18.4. The summed E-state index contributed by atoms with van der Waals surface area (Å²) in [5.74, 6) is 0. The Morgan fingerprint density at radius 3 is 1.70 bits per heavy atom. The van der Waals surface area contributed by atoms with Crippen LogP contribution in [0.2, 0.25) is 0 Å². The number of likely N-dealkylation sites (N-methyl/N-ethyl adjacent to an activating group) is 1. The molecule has 0 aromatic heterocycles. The number of quaternary nitrogens is 1. The van der Waals surface area contributed by atoms with E-state index in [-0.39, 0.29) is 0 Å². The molecule has 0 aromatic rings. The van der Waals surface area contributed by atoms with Gasteiger partial charge in [-0.2, -0.15) is 0 Å². The zero-order valence-electron chi connectivity index (χ0n) is 14.3. The number of rotatable bonds is 14. The molecule has 1 rings (SSSR count). The predicted molar refractivity (Wildman–Crippen MR) is 88.0 cm³/mol. The zero-order chi connectivity index (χ0) is 14.7. The molecule has 2 heteroatoms. The Hall–Kier alpha value is -0.0800. The van der Waals surface area contributed by atoms with E-state index in [2.05, 4.69) is 21.0 Å². The minimum Gasteiger partial charge on any atom is -0.367 e. The molecule has 1 unspecified atom stereocenters. The highest BCUT2D eigenvalue weighted by Gasteiger charge is 2.30. The molecular formula is C18H38NO+. The van der Waals surface area contributed by atoms with Crippen LogP contribution in [0.3, 0.4) is 0 Å². The van der Waals surface area contributed by atoms with Crippen LogP contribution >= 0.6 is 0 Å². The van der Waals surface area contributed by atoms with Gasteiger partial charge in [0.1, 0.15) is 12.6 Å². The first-order chi connectivity index (χ1) is 9.64. The van der Waals surface area contributed by atoms with Crippen LogP contribution in [0.5, 0.6) is 0 Å². The van der Waals surface area contributed by atoms with Gasteiger partial charge in [0.05, 0.1) is 27.2 Å². The van der Waals surface area contributed by atoms with Gasteiger partial charge < -0.3 is 9.22 Å². The lowest BCUT2D eigenvalue weighted by Gasteiger charge is -2.29. The predicted octanol–water partition coefficient (Wildman–Crippen LogP) is 4.77. The fourth-order valence-corrected chi connectivity index (χ4v) is 3.02. The third-order valence-electron chi connectivity index (χ3n) is 4.47. The Labute approximate surface area is 127 Å². The fourth-order valence-electron chi connectivity index (χ4n) is 3.02. The second-order valence-electron chi connectivity index (χ2n) is 7.33. The van der Waals surface area contributed by atoms with E-state index in [1.807, 2.05) is 0 Å². The Morgan fingerprint density at radius 2 is 1.25 bits per heavy atom. The molecule has 1 heterocycles. The van der Waals surface area contributed by atoms with Gasteiger partial charge in [0.15, 0.2) is 0 Å². The average molecular weight is 285 g/mol. The lowest BCUT2D eigenvalue weighted by molar-refractivity contribution is -0.891. The molecule has 0 aliphatic carbocycles. The molecule has 2 nitrogen and oxygen atoms in total. The van der Waals surface area contributed by atoms with Crippen LogP contribution in [0.4, 0.5) is 0 Å². The highest BCUT2D eigenvalue weighted by atomic mass is 16.6. The largest absolute Gasteiger partial charge is 0.367 e. The highest BCUT2D eigenvalue weighted by Crippen LogP contribution is 2.16. The van der Waals surface area contributed by atoms with Crippen LogP contribution in [-0.4, -0.2) is 44.4 Å². The van der Waals surface area contributed by atoms with Crippen molar-refractivity contribution in [2.24, 2.45) is 0 Å². The van der Waals surface area contributed by atoms with Crippen molar-refractivity contribution in [2.75, 3.05) is 33.8 Å². The van der Waals surface area contributed by atoms with Gasteiger partial charge in [-0.15, -0.1) is 0 Å². The summed E-state index contributed by atoms with van der Waals surface area (Å²) in [5.41, 5.74) is 0. The summed E-state index contributed by atoms with van der Waals surface area (Å²) in [6, 6.07) is 0. The summed E-state index contributed by atoms with van der Waals surface area (Å²) in [6.07, 6.45) is 16.4. The van der Waals surface area contributed by atoms with Crippen LogP contribution < -0.4 is 0 Å². The second kappa shape index (κ2) is 10.6. The molecule has 0 bridgehead atoms. The van der Waals surface area contributed by atoms with Crippen molar-refractivity contribution in [3.63, 3.8) is 0 Å². The van der Waals surface area contributed by atoms with Gasteiger partial charge in [0.25, 0.3) is 0 Å². The van der Waals surface area contributed by atoms with E-state index in [1.165, 1.54) is 83.7 Å². The van der Waals surface area contributed by atoms with Gasteiger partial charge in [-0.3, -0.25) is 0 Å². The molecule has 1 fully saturated rings. The monoisotopic (exact) mass is 284 g/mol. The highest BCUT2D eigenvalue weighted by molar-refractivity contribution is 4.67. The molecule has 0 N–H and O–H groups in total. The van der Waals surface area contributed by atoms with Crippen molar-refractivity contribution in [2.45, 2.75) is 83.7 Å². The summed E-state index contributed by atoms with van der Waals surface area (Å²) in [7, 11) is 4.69. The molecular weight excluding hydrogens is 246 g/mol. The van der Waals surface area contributed by atoms with E-state index in [9.17, 15) is 0 Å².